The third-order valence-electron chi connectivity index (χ3n) is 6.91. The number of carbonyl (C=O) groups is 2. The predicted octanol–water partition coefficient (Wildman–Crippen LogP) is 4.30. The first-order valence-corrected chi connectivity index (χ1v) is 11.8. The standard InChI is InChI=1S/C28H28FN3O2/c1-20-7-2-3-9-22(20)19-30-15-17-31(18-16-30)25-12-6-10-23-26(25)28(34)32(27(23)33)14-13-21-8-4-5-11-24(21)29/h2-12H,13-19H2,1H3. The molecule has 2 amide bonds. The lowest BCUT2D eigenvalue weighted by atomic mass is 10.1. The Labute approximate surface area is 199 Å². The smallest absolute Gasteiger partial charge is 0.263 e. The summed E-state index contributed by atoms with van der Waals surface area (Å²) in [5, 5.41) is 0. The molecule has 5 nitrogen and oxygen atoms in total. The highest BCUT2D eigenvalue weighted by Gasteiger charge is 2.38. The van der Waals surface area contributed by atoms with Gasteiger partial charge in [-0.1, -0.05) is 48.5 Å². The van der Waals surface area contributed by atoms with Crippen molar-refractivity contribution in [2.24, 2.45) is 0 Å². The van der Waals surface area contributed by atoms with E-state index in [0.29, 0.717) is 23.1 Å². The number of piperazine rings is 1. The van der Waals surface area contributed by atoms with Gasteiger partial charge in [-0.25, -0.2) is 4.39 Å². The van der Waals surface area contributed by atoms with Gasteiger partial charge in [-0.15, -0.1) is 0 Å². The second kappa shape index (κ2) is 9.39. The van der Waals surface area contributed by atoms with Crippen molar-refractivity contribution in [3.8, 4) is 0 Å². The molecule has 3 aromatic carbocycles. The second-order valence-electron chi connectivity index (χ2n) is 8.99. The van der Waals surface area contributed by atoms with Crippen molar-refractivity contribution in [1.82, 2.24) is 9.80 Å². The molecule has 1 saturated heterocycles. The summed E-state index contributed by atoms with van der Waals surface area (Å²) >= 11 is 0. The van der Waals surface area contributed by atoms with Crippen LogP contribution >= 0.6 is 0 Å². The minimum absolute atomic E-state index is 0.164. The third-order valence-corrected chi connectivity index (χ3v) is 6.91. The molecule has 174 valence electrons. The van der Waals surface area contributed by atoms with E-state index >= 15 is 0 Å². The molecule has 0 saturated carbocycles. The quantitative estimate of drug-likeness (QED) is 0.518. The molecule has 0 aromatic heterocycles. The highest BCUT2D eigenvalue weighted by Crippen LogP contribution is 2.32. The first-order chi connectivity index (χ1) is 16.5. The summed E-state index contributed by atoms with van der Waals surface area (Å²) in [5.74, 6) is -0.894. The Balaban J connectivity index is 1.28. The van der Waals surface area contributed by atoms with Crippen molar-refractivity contribution in [3.63, 3.8) is 0 Å². The number of fused-ring (bicyclic) bond motifs is 1. The summed E-state index contributed by atoms with van der Waals surface area (Å²) in [4.78, 5) is 32.2. The first-order valence-electron chi connectivity index (χ1n) is 11.8. The van der Waals surface area contributed by atoms with Crippen LogP contribution in [0.1, 0.15) is 37.4 Å². The van der Waals surface area contributed by atoms with Gasteiger partial charge in [-0.3, -0.25) is 19.4 Å². The van der Waals surface area contributed by atoms with Gasteiger partial charge >= 0.3 is 0 Å². The monoisotopic (exact) mass is 457 g/mol. The zero-order valence-corrected chi connectivity index (χ0v) is 19.3. The van der Waals surface area contributed by atoms with E-state index in [4.69, 9.17) is 0 Å². The Hall–Kier alpha value is -3.51. The summed E-state index contributed by atoms with van der Waals surface area (Å²) in [5.41, 5.74) is 4.88. The SMILES string of the molecule is Cc1ccccc1CN1CCN(c2cccc3c2C(=O)N(CCc2ccccc2F)C3=O)CC1. The predicted molar refractivity (Wildman–Crippen MR) is 131 cm³/mol. The van der Waals surface area contributed by atoms with E-state index in [1.54, 1.807) is 24.3 Å². The fraction of sp³-hybridized carbons (Fsp3) is 0.286. The van der Waals surface area contributed by atoms with E-state index in [9.17, 15) is 14.0 Å². The summed E-state index contributed by atoms with van der Waals surface area (Å²) in [7, 11) is 0. The fourth-order valence-electron chi connectivity index (χ4n) is 4.89. The Bertz CT molecular complexity index is 1230. The molecule has 0 aliphatic carbocycles. The molecule has 1 fully saturated rings. The lowest BCUT2D eigenvalue weighted by Crippen LogP contribution is -2.46. The van der Waals surface area contributed by atoms with Gasteiger partial charge in [-0.2, -0.15) is 0 Å². The normalized spacial score (nSPS) is 16.3. The topological polar surface area (TPSA) is 43.9 Å². The number of aryl methyl sites for hydroxylation is 1. The van der Waals surface area contributed by atoms with Crippen molar-refractivity contribution in [3.05, 3.63) is 100 Å². The zero-order valence-electron chi connectivity index (χ0n) is 19.3. The molecule has 0 N–H and O–H groups in total. The van der Waals surface area contributed by atoms with Crippen molar-refractivity contribution >= 4 is 17.5 Å². The van der Waals surface area contributed by atoms with Crippen LogP contribution in [0.25, 0.3) is 0 Å². The Morgan fingerprint density at radius 1 is 0.794 bits per heavy atom. The molecule has 3 aromatic rings. The van der Waals surface area contributed by atoms with Crippen LogP contribution in [0.15, 0.2) is 66.7 Å². The van der Waals surface area contributed by atoms with E-state index in [1.165, 1.54) is 22.1 Å². The Morgan fingerprint density at radius 2 is 1.50 bits per heavy atom. The first kappa shape index (κ1) is 22.3. The largest absolute Gasteiger partial charge is 0.368 e. The second-order valence-corrected chi connectivity index (χ2v) is 8.99. The van der Waals surface area contributed by atoms with Gasteiger partial charge in [0.15, 0.2) is 0 Å². The van der Waals surface area contributed by atoms with Crippen LogP contribution in [-0.4, -0.2) is 54.3 Å². The van der Waals surface area contributed by atoms with Crippen LogP contribution in [0.4, 0.5) is 10.1 Å². The van der Waals surface area contributed by atoms with Crippen molar-refractivity contribution in [2.45, 2.75) is 19.9 Å². The third kappa shape index (κ3) is 4.21. The molecule has 0 unspecified atom stereocenters. The number of carbonyl (C=O) groups excluding carboxylic acids is 2. The van der Waals surface area contributed by atoms with E-state index in [0.717, 1.165) is 38.4 Å². The number of anilines is 1. The molecule has 5 rings (SSSR count). The number of hydrogen-bond acceptors (Lipinski definition) is 4. The minimum Gasteiger partial charge on any atom is -0.368 e. The maximum Gasteiger partial charge on any atom is 0.263 e. The van der Waals surface area contributed by atoms with Gasteiger partial charge in [-0.05, 0) is 48.2 Å². The van der Waals surface area contributed by atoms with Gasteiger partial charge < -0.3 is 4.90 Å². The average Bonchev–Trinajstić information content (AvgIpc) is 3.10. The van der Waals surface area contributed by atoms with Gasteiger partial charge in [0.1, 0.15) is 5.82 Å². The van der Waals surface area contributed by atoms with Gasteiger partial charge in [0.05, 0.1) is 16.8 Å². The molecular formula is C28H28FN3O2. The van der Waals surface area contributed by atoms with E-state index in [1.807, 2.05) is 12.1 Å². The number of hydrogen-bond donors (Lipinski definition) is 0. The molecule has 0 bridgehead atoms. The van der Waals surface area contributed by atoms with Crippen LogP contribution in [0.3, 0.4) is 0 Å². The fourth-order valence-corrected chi connectivity index (χ4v) is 4.89. The molecule has 6 heteroatoms. The maximum absolute atomic E-state index is 14.0. The maximum atomic E-state index is 14.0. The van der Waals surface area contributed by atoms with E-state index in [2.05, 4.69) is 41.0 Å². The Morgan fingerprint density at radius 3 is 2.24 bits per heavy atom. The zero-order chi connectivity index (χ0) is 23.7. The number of nitrogens with zero attached hydrogens (tertiary/aromatic N) is 3. The lowest BCUT2D eigenvalue weighted by Gasteiger charge is -2.37. The number of amides is 2. The number of benzene rings is 3. The van der Waals surface area contributed by atoms with Crippen LogP contribution in [0, 0.1) is 12.7 Å². The van der Waals surface area contributed by atoms with Crippen molar-refractivity contribution < 1.29 is 14.0 Å². The van der Waals surface area contributed by atoms with Crippen molar-refractivity contribution in [2.75, 3.05) is 37.6 Å². The van der Waals surface area contributed by atoms with E-state index in [-0.39, 0.29) is 24.2 Å². The highest BCUT2D eigenvalue weighted by molar-refractivity contribution is 6.23. The molecule has 0 spiro atoms. The molecule has 0 radical (unpaired) electrons. The molecule has 2 heterocycles. The van der Waals surface area contributed by atoms with Crippen LogP contribution in [-0.2, 0) is 13.0 Å². The summed E-state index contributed by atoms with van der Waals surface area (Å²) in [6, 6.07) is 20.4. The van der Waals surface area contributed by atoms with E-state index < -0.39 is 0 Å². The van der Waals surface area contributed by atoms with Crippen LogP contribution < -0.4 is 4.90 Å². The van der Waals surface area contributed by atoms with Crippen molar-refractivity contribution in [1.29, 1.82) is 0 Å². The lowest BCUT2D eigenvalue weighted by molar-refractivity contribution is 0.0656. The molecular weight excluding hydrogens is 429 g/mol. The summed E-state index contributed by atoms with van der Waals surface area (Å²) in [6.07, 6.45) is 0.297. The van der Waals surface area contributed by atoms with Crippen LogP contribution in [0.5, 0.6) is 0 Å². The molecule has 0 atom stereocenters. The number of rotatable bonds is 6. The number of halogens is 1. The van der Waals surface area contributed by atoms with Gasteiger partial charge in [0.25, 0.3) is 11.8 Å². The van der Waals surface area contributed by atoms with Gasteiger partial charge in [0, 0.05) is 39.3 Å². The van der Waals surface area contributed by atoms with Crippen LogP contribution in [0.2, 0.25) is 0 Å². The summed E-state index contributed by atoms with van der Waals surface area (Å²) in [6.45, 7) is 6.57. The molecule has 34 heavy (non-hydrogen) atoms. The Kier molecular flexibility index (Phi) is 6.16. The minimum atomic E-state index is -0.316. The number of imide groups is 1. The highest BCUT2D eigenvalue weighted by atomic mass is 19.1. The molecule has 2 aliphatic heterocycles. The molecule has 2 aliphatic rings. The van der Waals surface area contributed by atoms with Gasteiger partial charge in [0.2, 0.25) is 0 Å². The summed E-state index contributed by atoms with van der Waals surface area (Å²) < 4.78 is 14.0. The average molecular weight is 458 g/mol.